The third-order valence-corrected chi connectivity index (χ3v) is 4.48. The summed E-state index contributed by atoms with van der Waals surface area (Å²) in [6, 6.07) is 15.9. The summed E-state index contributed by atoms with van der Waals surface area (Å²) in [4.78, 5) is 4.85. The summed E-state index contributed by atoms with van der Waals surface area (Å²) in [7, 11) is 2.16. The van der Waals surface area contributed by atoms with Gasteiger partial charge in [-0.3, -0.25) is 4.90 Å². The fraction of sp³-hybridized carbons (Fsp3) is 0.368. The number of piperazine rings is 1. The summed E-state index contributed by atoms with van der Waals surface area (Å²) in [6.07, 6.45) is 0. The molecule has 0 radical (unpaired) electrons. The van der Waals surface area contributed by atoms with E-state index >= 15 is 0 Å². The van der Waals surface area contributed by atoms with Crippen molar-refractivity contribution in [2.75, 3.05) is 33.2 Å². The van der Waals surface area contributed by atoms with Gasteiger partial charge < -0.3 is 4.90 Å². The highest BCUT2D eigenvalue weighted by Gasteiger charge is 2.25. The van der Waals surface area contributed by atoms with E-state index in [9.17, 15) is 4.39 Å². The summed E-state index contributed by atoms with van der Waals surface area (Å²) < 4.78 is 13.3. The molecule has 3 rings (SSSR count). The molecule has 1 fully saturated rings. The number of rotatable bonds is 3. The second kappa shape index (κ2) is 6.59. The zero-order valence-corrected chi connectivity index (χ0v) is 13.3. The standard InChI is InChI=1S/C19H23FN2/c1-15-3-5-16(6-4-15)19(17-7-9-18(20)10-8-17)22-13-11-21(2)12-14-22/h3-10,19H,11-14H2,1-2H3. The molecular weight excluding hydrogens is 275 g/mol. The first kappa shape index (κ1) is 15.2. The minimum atomic E-state index is -0.176. The monoisotopic (exact) mass is 298 g/mol. The number of likely N-dealkylation sites (N-methyl/N-ethyl adjacent to an activating group) is 1. The Morgan fingerprint density at radius 2 is 1.32 bits per heavy atom. The highest BCUT2D eigenvalue weighted by Crippen LogP contribution is 2.29. The third-order valence-electron chi connectivity index (χ3n) is 4.48. The first-order valence-electron chi connectivity index (χ1n) is 7.88. The van der Waals surface area contributed by atoms with Gasteiger partial charge in [0.05, 0.1) is 6.04 Å². The van der Waals surface area contributed by atoms with Crippen LogP contribution in [0.4, 0.5) is 4.39 Å². The van der Waals surface area contributed by atoms with Gasteiger partial charge in [-0.1, -0.05) is 42.0 Å². The zero-order chi connectivity index (χ0) is 15.5. The zero-order valence-electron chi connectivity index (χ0n) is 13.3. The van der Waals surface area contributed by atoms with Crippen molar-refractivity contribution in [2.45, 2.75) is 13.0 Å². The van der Waals surface area contributed by atoms with E-state index in [4.69, 9.17) is 0 Å². The first-order valence-corrected chi connectivity index (χ1v) is 7.88. The molecule has 0 saturated carbocycles. The lowest BCUT2D eigenvalue weighted by Gasteiger charge is -2.38. The molecule has 22 heavy (non-hydrogen) atoms. The molecule has 0 N–H and O–H groups in total. The number of benzene rings is 2. The Kier molecular flexibility index (Phi) is 4.55. The second-order valence-corrected chi connectivity index (χ2v) is 6.20. The van der Waals surface area contributed by atoms with Crippen LogP contribution >= 0.6 is 0 Å². The lowest BCUT2D eigenvalue weighted by atomic mass is 9.95. The van der Waals surface area contributed by atoms with Crippen LogP contribution in [0.5, 0.6) is 0 Å². The van der Waals surface area contributed by atoms with Gasteiger partial charge in [-0.05, 0) is 37.2 Å². The highest BCUT2D eigenvalue weighted by molar-refractivity contribution is 5.33. The van der Waals surface area contributed by atoms with Crippen LogP contribution in [0.15, 0.2) is 48.5 Å². The topological polar surface area (TPSA) is 6.48 Å². The molecule has 2 aromatic rings. The van der Waals surface area contributed by atoms with Gasteiger partial charge in [-0.15, -0.1) is 0 Å². The van der Waals surface area contributed by atoms with E-state index in [2.05, 4.69) is 48.0 Å². The summed E-state index contributed by atoms with van der Waals surface area (Å²) in [5, 5.41) is 0. The summed E-state index contributed by atoms with van der Waals surface area (Å²) in [6.45, 7) is 6.32. The molecule has 0 spiro atoms. The molecule has 3 heteroatoms. The van der Waals surface area contributed by atoms with Crippen molar-refractivity contribution in [2.24, 2.45) is 0 Å². The fourth-order valence-corrected chi connectivity index (χ4v) is 3.09. The Bertz CT molecular complexity index is 553. The van der Waals surface area contributed by atoms with Gasteiger partial charge in [0.15, 0.2) is 0 Å². The number of nitrogens with zero attached hydrogens (tertiary/aromatic N) is 2. The average molecular weight is 298 g/mol. The molecule has 1 saturated heterocycles. The van der Waals surface area contributed by atoms with Crippen molar-refractivity contribution in [1.82, 2.24) is 9.80 Å². The molecule has 0 amide bonds. The van der Waals surface area contributed by atoms with Gasteiger partial charge in [-0.25, -0.2) is 4.39 Å². The Morgan fingerprint density at radius 3 is 1.86 bits per heavy atom. The molecule has 1 heterocycles. The van der Waals surface area contributed by atoms with Crippen LogP contribution in [0.2, 0.25) is 0 Å². The quantitative estimate of drug-likeness (QED) is 0.856. The molecule has 1 aliphatic heterocycles. The number of halogens is 1. The van der Waals surface area contributed by atoms with E-state index in [0.29, 0.717) is 0 Å². The normalized spacial score (nSPS) is 18.3. The summed E-state index contributed by atoms with van der Waals surface area (Å²) in [5.41, 5.74) is 3.71. The third kappa shape index (κ3) is 3.37. The van der Waals surface area contributed by atoms with Crippen LogP contribution in [0.1, 0.15) is 22.7 Å². The Morgan fingerprint density at radius 1 is 0.818 bits per heavy atom. The predicted molar refractivity (Wildman–Crippen MR) is 88.5 cm³/mol. The van der Waals surface area contributed by atoms with Gasteiger partial charge in [-0.2, -0.15) is 0 Å². The van der Waals surface area contributed by atoms with Crippen LogP contribution in [-0.2, 0) is 0 Å². The smallest absolute Gasteiger partial charge is 0.123 e. The summed E-state index contributed by atoms with van der Waals surface area (Å²) in [5.74, 6) is -0.176. The Hall–Kier alpha value is -1.71. The van der Waals surface area contributed by atoms with Gasteiger partial charge in [0, 0.05) is 26.2 Å². The van der Waals surface area contributed by atoms with Crippen molar-refractivity contribution in [3.05, 3.63) is 71.0 Å². The number of aryl methyl sites for hydroxylation is 1. The Labute approximate surface area is 132 Å². The van der Waals surface area contributed by atoms with E-state index in [0.717, 1.165) is 31.7 Å². The molecule has 1 aliphatic rings. The van der Waals surface area contributed by atoms with E-state index in [1.165, 1.54) is 11.1 Å². The van der Waals surface area contributed by atoms with Crippen molar-refractivity contribution < 1.29 is 4.39 Å². The lowest BCUT2D eigenvalue weighted by molar-refractivity contribution is 0.127. The molecule has 0 aliphatic carbocycles. The summed E-state index contributed by atoms with van der Waals surface area (Å²) >= 11 is 0. The van der Waals surface area contributed by atoms with Crippen LogP contribution in [0.3, 0.4) is 0 Å². The highest BCUT2D eigenvalue weighted by atomic mass is 19.1. The van der Waals surface area contributed by atoms with E-state index in [1.54, 1.807) is 12.1 Å². The minimum Gasteiger partial charge on any atom is -0.304 e. The van der Waals surface area contributed by atoms with Gasteiger partial charge in [0.1, 0.15) is 5.82 Å². The number of hydrogen-bond acceptors (Lipinski definition) is 2. The molecule has 0 bridgehead atoms. The van der Waals surface area contributed by atoms with Crippen molar-refractivity contribution >= 4 is 0 Å². The first-order chi connectivity index (χ1) is 10.6. The maximum atomic E-state index is 13.3. The minimum absolute atomic E-state index is 0.176. The number of hydrogen-bond donors (Lipinski definition) is 0. The van der Waals surface area contributed by atoms with Crippen LogP contribution in [-0.4, -0.2) is 43.0 Å². The molecule has 2 nitrogen and oxygen atoms in total. The SMILES string of the molecule is Cc1ccc(C(c2ccc(F)cc2)N2CCN(C)CC2)cc1. The van der Waals surface area contributed by atoms with Crippen LogP contribution in [0.25, 0.3) is 0 Å². The molecule has 2 aromatic carbocycles. The maximum absolute atomic E-state index is 13.3. The van der Waals surface area contributed by atoms with Crippen molar-refractivity contribution in [1.29, 1.82) is 0 Å². The van der Waals surface area contributed by atoms with Gasteiger partial charge >= 0.3 is 0 Å². The van der Waals surface area contributed by atoms with Gasteiger partial charge in [0.2, 0.25) is 0 Å². The van der Waals surface area contributed by atoms with Gasteiger partial charge in [0.25, 0.3) is 0 Å². The molecule has 1 unspecified atom stereocenters. The van der Waals surface area contributed by atoms with Crippen LogP contribution < -0.4 is 0 Å². The van der Waals surface area contributed by atoms with E-state index in [-0.39, 0.29) is 11.9 Å². The second-order valence-electron chi connectivity index (χ2n) is 6.20. The average Bonchev–Trinajstić information content (AvgIpc) is 2.53. The predicted octanol–water partition coefficient (Wildman–Crippen LogP) is 3.47. The fourth-order valence-electron chi connectivity index (χ4n) is 3.09. The molecule has 116 valence electrons. The lowest BCUT2D eigenvalue weighted by Crippen LogP contribution is -2.46. The van der Waals surface area contributed by atoms with Crippen molar-refractivity contribution in [3.8, 4) is 0 Å². The van der Waals surface area contributed by atoms with E-state index < -0.39 is 0 Å². The van der Waals surface area contributed by atoms with Crippen molar-refractivity contribution in [3.63, 3.8) is 0 Å². The van der Waals surface area contributed by atoms with Crippen LogP contribution in [0, 0.1) is 12.7 Å². The maximum Gasteiger partial charge on any atom is 0.123 e. The molecule has 1 atom stereocenters. The van der Waals surface area contributed by atoms with E-state index in [1.807, 2.05) is 12.1 Å². The largest absolute Gasteiger partial charge is 0.304 e. The molecule has 0 aromatic heterocycles. The molecular formula is C19H23FN2. The Balaban J connectivity index is 1.94.